The molecule has 0 radical (unpaired) electrons. The normalized spacial score (nSPS) is 24.7. The van der Waals surface area contributed by atoms with Crippen molar-refractivity contribution in [1.29, 1.82) is 0 Å². The minimum atomic E-state index is -0.387. The molecule has 33 heavy (non-hydrogen) atoms. The van der Waals surface area contributed by atoms with E-state index in [0.717, 1.165) is 0 Å². The van der Waals surface area contributed by atoms with Crippen LogP contribution in [-0.2, 0) is 9.59 Å². The lowest BCUT2D eigenvalue weighted by Gasteiger charge is -2.46. The molecule has 1 saturated heterocycles. The molecule has 0 unspecified atom stereocenters. The number of para-hydroxylation sites is 2. The van der Waals surface area contributed by atoms with E-state index in [-0.39, 0.29) is 35.5 Å². The van der Waals surface area contributed by atoms with E-state index in [4.69, 9.17) is 4.74 Å². The molecule has 2 amide bonds. The van der Waals surface area contributed by atoms with Gasteiger partial charge in [-0.2, -0.15) is 0 Å². The number of ether oxygens (including phenoxy) is 1. The summed E-state index contributed by atoms with van der Waals surface area (Å²) < 4.78 is 5.79. The summed E-state index contributed by atoms with van der Waals surface area (Å²) in [6, 6.07) is 22.4. The van der Waals surface area contributed by atoms with Gasteiger partial charge < -0.3 is 4.74 Å². The summed E-state index contributed by atoms with van der Waals surface area (Å²) in [5.74, 6) is -0.227. The van der Waals surface area contributed by atoms with E-state index < -0.39 is 0 Å². The minimum Gasteiger partial charge on any atom is -0.492 e. The third-order valence-electron chi connectivity index (χ3n) is 7.64. The van der Waals surface area contributed by atoms with Crippen molar-refractivity contribution in [3.05, 3.63) is 94.5 Å². The van der Waals surface area contributed by atoms with Crippen LogP contribution in [0.15, 0.2) is 66.7 Å². The van der Waals surface area contributed by atoms with Gasteiger partial charge in [0.1, 0.15) is 5.75 Å². The Hall–Kier alpha value is -3.40. The van der Waals surface area contributed by atoms with E-state index in [1.807, 2.05) is 43.3 Å². The van der Waals surface area contributed by atoms with Gasteiger partial charge >= 0.3 is 0 Å². The average molecular weight is 438 g/mol. The Kier molecular flexibility index (Phi) is 4.48. The highest BCUT2D eigenvalue weighted by molar-refractivity contribution is 6.24. The predicted octanol–water partition coefficient (Wildman–Crippen LogP) is 5.61. The highest BCUT2D eigenvalue weighted by atomic mass is 16.5. The summed E-state index contributed by atoms with van der Waals surface area (Å²) in [4.78, 5) is 29.3. The molecule has 4 atom stereocenters. The van der Waals surface area contributed by atoms with Crippen LogP contribution in [0.5, 0.6) is 5.75 Å². The van der Waals surface area contributed by atoms with Gasteiger partial charge in [-0.1, -0.05) is 68.4 Å². The first-order chi connectivity index (χ1) is 16.0. The lowest BCUT2D eigenvalue weighted by Crippen LogP contribution is -2.41. The van der Waals surface area contributed by atoms with E-state index in [2.05, 4.69) is 44.2 Å². The zero-order valence-corrected chi connectivity index (χ0v) is 19.1. The number of benzene rings is 3. The van der Waals surface area contributed by atoms with Crippen LogP contribution in [0.1, 0.15) is 66.3 Å². The van der Waals surface area contributed by atoms with Crippen molar-refractivity contribution in [3.8, 4) is 5.75 Å². The second-order valence-corrected chi connectivity index (χ2v) is 9.59. The van der Waals surface area contributed by atoms with Crippen LogP contribution in [0.25, 0.3) is 0 Å². The van der Waals surface area contributed by atoms with Crippen LogP contribution in [0.4, 0.5) is 5.69 Å². The number of amides is 2. The van der Waals surface area contributed by atoms with Gasteiger partial charge in [0, 0.05) is 11.8 Å². The Morgan fingerprint density at radius 2 is 1.36 bits per heavy atom. The standard InChI is InChI=1S/C29H27NO3/c1-4-33-23-12-8-7-11-22(23)30-28(31)26-24-18-9-5-6-10-19(18)25(27(26)29(30)32)21-15-17(16(2)3)13-14-20(21)24/h5-16,24-27H,4H2,1-3H3/t24-,25-,26+,27+/m1/s1. The van der Waals surface area contributed by atoms with Crippen molar-refractivity contribution in [2.45, 2.75) is 38.5 Å². The van der Waals surface area contributed by atoms with Gasteiger partial charge in [-0.25, -0.2) is 4.90 Å². The summed E-state index contributed by atoms with van der Waals surface area (Å²) >= 11 is 0. The highest BCUT2D eigenvalue weighted by Crippen LogP contribution is 2.61. The summed E-state index contributed by atoms with van der Waals surface area (Å²) in [5.41, 5.74) is 6.62. The molecule has 3 aromatic rings. The van der Waals surface area contributed by atoms with Crippen LogP contribution in [0.3, 0.4) is 0 Å². The van der Waals surface area contributed by atoms with Crippen molar-refractivity contribution < 1.29 is 14.3 Å². The molecule has 4 aliphatic rings. The quantitative estimate of drug-likeness (QED) is 0.499. The van der Waals surface area contributed by atoms with Crippen LogP contribution in [0, 0.1) is 11.8 Å². The Labute approximate surface area is 194 Å². The number of rotatable bonds is 4. The Morgan fingerprint density at radius 3 is 2.00 bits per heavy atom. The largest absolute Gasteiger partial charge is 0.492 e. The number of hydrogen-bond donors (Lipinski definition) is 0. The van der Waals surface area contributed by atoms with Gasteiger partial charge in [-0.3, -0.25) is 9.59 Å². The number of imide groups is 1. The Bertz CT molecular complexity index is 1290. The Balaban J connectivity index is 1.54. The van der Waals surface area contributed by atoms with Crippen LogP contribution < -0.4 is 9.64 Å². The SMILES string of the molecule is CCOc1ccccc1N1C(=O)[C@H]2[C@@H]3c4ccccc4[C@H](c4cc(C(C)C)ccc43)[C@@H]2C1=O. The van der Waals surface area contributed by atoms with Crippen LogP contribution >= 0.6 is 0 Å². The van der Waals surface area contributed by atoms with Gasteiger partial charge in [0.25, 0.3) is 0 Å². The highest BCUT2D eigenvalue weighted by Gasteiger charge is 2.62. The van der Waals surface area contributed by atoms with Crippen LogP contribution in [0.2, 0.25) is 0 Å². The number of anilines is 1. The molecule has 0 spiro atoms. The third-order valence-corrected chi connectivity index (χ3v) is 7.64. The fraction of sp³-hybridized carbons (Fsp3) is 0.310. The fourth-order valence-electron chi connectivity index (χ4n) is 6.26. The molecular weight excluding hydrogens is 410 g/mol. The second kappa shape index (κ2) is 7.31. The van der Waals surface area contributed by atoms with E-state index in [0.29, 0.717) is 24.0 Å². The number of hydrogen-bond acceptors (Lipinski definition) is 3. The molecular formula is C29H27NO3. The van der Waals surface area contributed by atoms with E-state index in [1.165, 1.54) is 32.7 Å². The second-order valence-electron chi connectivity index (χ2n) is 9.59. The number of carbonyl (C=O) groups is 2. The predicted molar refractivity (Wildman–Crippen MR) is 128 cm³/mol. The topological polar surface area (TPSA) is 46.6 Å². The smallest absolute Gasteiger partial charge is 0.238 e. The molecule has 3 aliphatic carbocycles. The summed E-state index contributed by atoms with van der Waals surface area (Å²) in [6.07, 6.45) is 0. The van der Waals surface area contributed by atoms with E-state index in [1.54, 1.807) is 0 Å². The van der Waals surface area contributed by atoms with Crippen molar-refractivity contribution in [1.82, 2.24) is 0 Å². The molecule has 0 saturated carbocycles. The number of carbonyl (C=O) groups excluding carboxylic acids is 2. The maximum Gasteiger partial charge on any atom is 0.238 e. The lowest BCUT2D eigenvalue weighted by atomic mass is 9.54. The summed E-state index contributed by atoms with van der Waals surface area (Å²) in [5, 5.41) is 0. The zero-order valence-electron chi connectivity index (χ0n) is 19.1. The fourth-order valence-corrected chi connectivity index (χ4v) is 6.26. The molecule has 166 valence electrons. The third kappa shape index (κ3) is 2.70. The molecule has 1 heterocycles. The summed E-state index contributed by atoms with van der Waals surface area (Å²) in [6.45, 7) is 6.76. The van der Waals surface area contributed by atoms with Crippen molar-refractivity contribution >= 4 is 17.5 Å². The van der Waals surface area contributed by atoms with Gasteiger partial charge in [0.2, 0.25) is 11.8 Å². The first-order valence-electron chi connectivity index (χ1n) is 11.8. The first kappa shape index (κ1) is 20.2. The van der Waals surface area contributed by atoms with Gasteiger partial charge in [0.15, 0.2) is 0 Å². The van der Waals surface area contributed by atoms with Crippen LogP contribution in [-0.4, -0.2) is 18.4 Å². The molecule has 1 fully saturated rings. The molecule has 0 aromatic heterocycles. The molecule has 0 N–H and O–H groups in total. The average Bonchev–Trinajstić information content (AvgIpc) is 3.10. The van der Waals surface area contributed by atoms with E-state index in [9.17, 15) is 9.59 Å². The monoisotopic (exact) mass is 437 g/mol. The first-order valence-corrected chi connectivity index (χ1v) is 11.8. The lowest BCUT2D eigenvalue weighted by molar-refractivity contribution is -0.122. The molecule has 1 aliphatic heterocycles. The molecule has 7 rings (SSSR count). The zero-order chi connectivity index (χ0) is 22.9. The molecule has 3 aromatic carbocycles. The number of nitrogens with zero attached hydrogens (tertiary/aromatic N) is 1. The summed E-state index contributed by atoms with van der Waals surface area (Å²) in [7, 11) is 0. The maximum atomic E-state index is 14.0. The molecule has 2 bridgehead atoms. The molecule has 4 heteroatoms. The molecule has 4 nitrogen and oxygen atoms in total. The Morgan fingerprint density at radius 1 is 0.788 bits per heavy atom. The van der Waals surface area contributed by atoms with Crippen molar-refractivity contribution in [2.24, 2.45) is 11.8 Å². The minimum absolute atomic E-state index is 0.104. The van der Waals surface area contributed by atoms with Gasteiger partial charge in [-0.05, 0) is 52.8 Å². The van der Waals surface area contributed by atoms with Gasteiger partial charge in [-0.15, -0.1) is 0 Å². The van der Waals surface area contributed by atoms with E-state index >= 15 is 0 Å². The maximum absolute atomic E-state index is 14.0. The van der Waals surface area contributed by atoms with Crippen molar-refractivity contribution in [2.75, 3.05) is 11.5 Å². The van der Waals surface area contributed by atoms with Crippen molar-refractivity contribution in [3.63, 3.8) is 0 Å². The van der Waals surface area contributed by atoms with Gasteiger partial charge in [0.05, 0.1) is 24.1 Å².